The maximum atomic E-state index is 13.0. The second-order valence-corrected chi connectivity index (χ2v) is 7.78. The standard InChI is InChI=1S/C17H21ClN2O/c1-10(18)13-19-12-9-7-6-8-11(12)14(21)20(13)15-16(2,3)17(15,4)5/h6-10,15H,1-5H3. The zero-order valence-electron chi connectivity index (χ0n) is 13.1. The van der Waals surface area contributed by atoms with E-state index in [4.69, 9.17) is 11.6 Å². The Morgan fingerprint density at radius 3 is 2.29 bits per heavy atom. The number of nitrogens with zero attached hydrogens (tertiary/aromatic N) is 2. The molecule has 4 heteroatoms. The van der Waals surface area contributed by atoms with Gasteiger partial charge in [-0.25, -0.2) is 4.98 Å². The van der Waals surface area contributed by atoms with Crippen molar-refractivity contribution < 1.29 is 0 Å². The highest BCUT2D eigenvalue weighted by Gasteiger charge is 2.66. The zero-order valence-corrected chi connectivity index (χ0v) is 13.9. The molecule has 3 rings (SSSR count). The fraction of sp³-hybridized carbons (Fsp3) is 0.529. The highest BCUT2D eigenvalue weighted by molar-refractivity contribution is 6.20. The molecule has 1 unspecified atom stereocenters. The van der Waals surface area contributed by atoms with Crippen LogP contribution in [-0.2, 0) is 0 Å². The van der Waals surface area contributed by atoms with Gasteiger partial charge in [0, 0.05) is 6.04 Å². The number of aromatic nitrogens is 2. The Kier molecular flexibility index (Phi) is 3.00. The lowest BCUT2D eigenvalue weighted by atomic mass is 10.0. The van der Waals surface area contributed by atoms with Crippen molar-refractivity contribution in [1.82, 2.24) is 9.55 Å². The van der Waals surface area contributed by atoms with Crippen LogP contribution in [0, 0.1) is 10.8 Å². The lowest BCUT2D eigenvalue weighted by Crippen LogP contribution is -2.27. The zero-order chi connectivity index (χ0) is 15.6. The number of halogens is 1. The monoisotopic (exact) mass is 304 g/mol. The summed E-state index contributed by atoms with van der Waals surface area (Å²) in [5.41, 5.74) is 0.854. The Bertz CT molecular complexity index is 760. The topological polar surface area (TPSA) is 34.9 Å². The molecule has 1 heterocycles. The van der Waals surface area contributed by atoms with E-state index < -0.39 is 0 Å². The molecule has 21 heavy (non-hydrogen) atoms. The molecule has 112 valence electrons. The predicted octanol–water partition coefficient (Wildman–Crippen LogP) is 4.30. The van der Waals surface area contributed by atoms with Crippen LogP contribution in [0.3, 0.4) is 0 Å². The minimum atomic E-state index is -0.297. The number of alkyl halides is 1. The van der Waals surface area contributed by atoms with E-state index in [0.29, 0.717) is 11.2 Å². The highest BCUT2D eigenvalue weighted by atomic mass is 35.5. The Hall–Kier alpha value is -1.35. The molecule has 1 aromatic carbocycles. The van der Waals surface area contributed by atoms with Crippen molar-refractivity contribution in [2.75, 3.05) is 0 Å². The quantitative estimate of drug-likeness (QED) is 0.775. The number of hydrogen-bond donors (Lipinski definition) is 0. The number of benzene rings is 1. The molecule has 1 saturated carbocycles. The number of fused-ring (bicyclic) bond motifs is 1. The Balaban J connectivity index is 2.34. The summed E-state index contributed by atoms with van der Waals surface area (Å²) in [5.74, 6) is 0.670. The van der Waals surface area contributed by atoms with Crippen molar-refractivity contribution >= 4 is 22.5 Å². The number of rotatable bonds is 2. The summed E-state index contributed by atoms with van der Waals surface area (Å²) >= 11 is 6.32. The van der Waals surface area contributed by atoms with Gasteiger partial charge in [0.05, 0.1) is 16.3 Å². The molecule has 0 bridgehead atoms. The molecule has 0 spiro atoms. The predicted molar refractivity (Wildman–Crippen MR) is 86.9 cm³/mol. The van der Waals surface area contributed by atoms with E-state index in [9.17, 15) is 4.79 Å². The molecule has 1 aliphatic carbocycles. The van der Waals surface area contributed by atoms with Crippen molar-refractivity contribution in [2.45, 2.75) is 46.0 Å². The van der Waals surface area contributed by atoms with Crippen molar-refractivity contribution in [3.8, 4) is 0 Å². The molecule has 3 nitrogen and oxygen atoms in total. The average Bonchev–Trinajstić information content (AvgIpc) is 2.80. The first-order valence-corrected chi connectivity index (χ1v) is 7.78. The van der Waals surface area contributed by atoms with Crippen LogP contribution in [0.4, 0.5) is 0 Å². The summed E-state index contributed by atoms with van der Waals surface area (Å²) in [6, 6.07) is 7.61. The molecular formula is C17H21ClN2O. The van der Waals surface area contributed by atoms with Gasteiger partial charge in [0.1, 0.15) is 5.82 Å². The van der Waals surface area contributed by atoms with E-state index in [2.05, 4.69) is 32.7 Å². The summed E-state index contributed by atoms with van der Waals surface area (Å²) in [5, 5.41) is 0.367. The largest absolute Gasteiger partial charge is 0.291 e. The third kappa shape index (κ3) is 1.87. The van der Waals surface area contributed by atoms with E-state index in [1.807, 2.05) is 35.8 Å². The van der Waals surface area contributed by atoms with Crippen LogP contribution in [-0.4, -0.2) is 9.55 Å². The molecule has 1 aliphatic rings. The Labute approximate surface area is 130 Å². The summed E-state index contributed by atoms with van der Waals surface area (Å²) in [6.07, 6.45) is 0. The number of para-hydroxylation sites is 1. The summed E-state index contributed by atoms with van der Waals surface area (Å²) in [4.78, 5) is 17.6. The Morgan fingerprint density at radius 1 is 1.19 bits per heavy atom. The van der Waals surface area contributed by atoms with Crippen LogP contribution in [0.15, 0.2) is 29.1 Å². The lowest BCUT2D eigenvalue weighted by molar-refractivity contribution is 0.457. The molecule has 0 amide bonds. The minimum Gasteiger partial charge on any atom is -0.291 e. The van der Waals surface area contributed by atoms with Crippen molar-refractivity contribution in [1.29, 1.82) is 0 Å². The first-order chi connectivity index (χ1) is 9.69. The maximum absolute atomic E-state index is 13.0. The fourth-order valence-corrected chi connectivity index (χ4v) is 3.65. The van der Waals surface area contributed by atoms with Crippen LogP contribution in [0.5, 0.6) is 0 Å². The molecule has 0 N–H and O–H groups in total. The van der Waals surface area contributed by atoms with Crippen LogP contribution >= 0.6 is 11.6 Å². The van der Waals surface area contributed by atoms with Gasteiger partial charge in [-0.3, -0.25) is 9.36 Å². The molecule has 0 radical (unpaired) electrons. The van der Waals surface area contributed by atoms with Gasteiger partial charge in [0.25, 0.3) is 5.56 Å². The van der Waals surface area contributed by atoms with Gasteiger partial charge in [0.15, 0.2) is 0 Å². The second kappa shape index (κ2) is 4.33. The van der Waals surface area contributed by atoms with Gasteiger partial charge >= 0.3 is 0 Å². The van der Waals surface area contributed by atoms with Crippen molar-refractivity contribution in [2.24, 2.45) is 10.8 Å². The van der Waals surface area contributed by atoms with Crippen molar-refractivity contribution in [3.63, 3.8) is 0 Å². The summed E-state index contributed by atoms with van der Waals surface area (Å²) in [6.45, 7) is 10.7. The SMILES string of the molecule is CC(Cl)c1nc2ccccc2c(=O)n1C1C(C)(C)C1(C)C. The molecule has 2 aromatic rings. The molecule has 0 saturated heterocycles. The van der Waals surface area contributed by atoms with E-state index in [-0.39, 0.29) is 27.8 Å². The normalized spacial score (nSPS) is 21.4. The van der Waals surface area contributed by atoms with Gasteiger partial charge in [0.2, 0.25) is 0 Å². The first kappa shape index (κ1) is 14.6. The molecule has 1 aromatic heterocycles. The van der Waals surface area contributed by atoms with E-state index in [1.165, 1.54) is 0 Å². The van der Waals surface area contributed by atoms with Crippen molar-refractivity contribution in [3.05, 3.63) is 40.4 Å². The second-order valence-electron chi connectivity index (χ2n) is 7.12. The third-order valence-electron chi connectivity index (χ3n) is 5.39. The number of hydrogen-bond acceptors (Lipinski definition) is 2. The minimum absolute atomic E-state index is 0.0201. The molecular weight excluding hydrogens is 284 g/mol. The van der Waals surface area contributed by atoms with Gasteiger partial charge in [-0.2, -0.15) is 0 Å². The fourth-order valence-electron chi connectivity index (χ4n) is 3.50. The van der Waals surface area contributed by atoms with Gasteiger partial charge in [-0.05, 0) is 29.9 Å². The van der Waals surface area contributed by atoms with Gasteiger partial charge in [-0.1, -0.05) is 39.8 Å². The Morgan fingerprint density at radius 2 is 1.76 bits per heavy atom. The average molecular weight is 305 g/mol. The highest BCUT2D eigenvalue weighted by Crippen LogP contribution is 2.71. The molecule has 0 aliphatic heterocycles. The van der Waals surface area contributed by atoms with Gasteiger partial charge in [-0.15, -0.1) is 11.6 Å². The lowest BCUT2D eigenvalue weighted by Gasteiger charge is -2.16. The first-order valence-electron chi connectivity index (χ1n) is 7.35. The van der Waals surface area contributed by atoms with E-state index in [0.717, 1.165) is 5.52 Å². The smallest absolute Gasteiger partial charge is 0.261 e. The maximum Gasteiger partial charge on any atom is 0.261 e. The molecule has 1 fully saturated rings. The summed E-state index contributed by atoms with van der Waals surface area (Å²) < 4.78 is 1.83. The van der Waals surface area contributed by atoms with E-state index in [1.54, 1.807) is 0 Å². The van der Waals surface area contributed by atoms with E-state index >= 15 is 0 Å². The summed E-state index contributed by atoms with van der Waals surface area (Å²) in [7, 11) is 0. The van der Waals surface area contributed by atoms with Crippen LogP contribution in [0.1, 0.15) is 51.9 Å². The van der Waals surface area contributed by atoms with Crippen LogP contribution in [0.25, 0.3) is 10.9 Å². The molecule has 1 atom stereocenters. The third-order valence-corrected chi connectivity index (χ3v) is 5.59. The van der Waals surface area contributed by atoms with Gasteiger partial charge < -0.3 is 0 Å². The van der Waals surface area contributed by atoms with Crippen LogP contribution in [0.2, 0.25) is 0 Å². The van der Waals surface area contributed by atoms with Crippen LogP contribution < -0.4 is 5.56 Å².